The maximum Gasteiger partial charge on any atom is 0.416 e. The molecular weight excluding hydrogens is 696 g/mol. The van der Waals surface area contributed by atoms with Crippen LogP contribution in [0.25, 0.3) is 27.7 Å². The molecule has 15 heteroatoms. The Balaban J connectivity index is 0.000000224. The number of hydrogen-bond donors (Lipinski definition) is 0. The molecule has 2 aromatic heterocycles. The Hall–Kier alpha value is -5.29. The number of rotatable bonds is 9. The van der Waals surface area contributed by atoms with Crippen molar-refractivity contribution in [3.05, 3.63) is 148 Å². The van der Waals surface area contributed by atoms with E-state index in [-0.39, 0.29) is 40.2 Å². The molecule has 10 nitrogen and oxygen atoms in total. The predicted molar refractivity (Wildman–Crippen MR) is 195 cm³/mol. The lowest BCUT2D eigenvalue weighted by atomic mass is 10.2. The number of nitrogens with zero attached hydrogens (tertiary/aromatic N) is 8. The Labute approximate surface area is 295 Å². The Morgan fingerprint density at radius 3 is 1.86 bits per heavy atom. The molecule has 5 aromatic rings. The van der Waals surface area contributed by atoms with E-state index >= 15 is 0 Å². The van der Waals surface area contributed by atoms with Crippen LogP contribution >= 0.6 is 7.92 Å². The van der Waals surface area contributed by atoms with E-state index in [0.29, 0.717) is 0 Å². The second-order valence-corrected chi connectivity index (χ2v) is 15.5. The maximum atomic E-state index is 13.1. The van der Waals surface area contributed by atoms with Crippen molar-refractivity contribution in [2.45, 2.75) is 26.2 Å². The zero-order chi connectivity index (χ0) is 36.6. The molecule has 0 saturated heterocycles. The van der Waals surface area contributed by atoms with Crippen LogP contribution in [0.5, 0.6) is 0 Å². The van der Waals surface area contributed by atoms with Crippen molar-refractivity contribution in [1.82, 2.24) is 24.6 Å². The summed E-state index contributed by atoms with van der Waals surface area (Å²) in [5.41, 5.74) is 8.05. The monoisotopic (exact) mass is 730 g/mol. The molecule has 3 heterocycles. The standard InChI is InChI=1S/C18H19F3N8O2S.C18H15P/c1-4-29-14(24-27-22)7-6-13(32(30,31)5-2)15(29)17-26-25-16(28(17)3)12-10-11(8-9-23-12)18(19,20)21;1-4-10-16(11-5-1)19(17-12-6-2-7-13-17)18-14-8-3-9-15-18/h6-10,14H,4-5H2,1-3H3;1-15H. The molecule has 0 amide bonds. The summed E-state index contributed by atoms with van der Waals surface area (Å²) >= 11 is 0. The summed E-state index contributed by atoms with van der Waals surface area (Å²) in [6, 6.07) is 34.0. The molecule has 0 saturated carbocycles. The summed E-state index contributed by atoms with van der Waals surface area (Å²) in [4.78, 5) is 8.25. The SMILES string of the molecule is CCN1C(c2nnc(-c3cc(C(F)(F)F)ccn3)n2C)=C(S(=O)(=O)CC)C=CC1N=[N+]=[N-].c1ccc(P(c2ccccc2)c2ccccc2)cc1. The normalized spacial score (nSPS) is 14.6. The topological polar surface area (TPSA) is 130 Å². The summed E-state index contributed by atoms with van der Waals surface area (Å²) < 4.78 is 66.3. The first-order valence-electron chi connectivity index (χ1n) is 15.8. The van der Waals surface area contributed by atoms with Crippen LogP contribution in [0.2, 0.25) is 0 Å². The van der Waals surface area contributed by atoms with Crippen LogP contribution in [0.1, 0.15) is 25.2 Å². The number of halogens is 3. The van der Waals surface area contributed by atoms with Crippen LogP contribution in [0.3, 0.4) is 0 Å². The van der Waals surface area contributed by atoms with Crippen molar-refractivity contribution in [3.8, 4) is 11.5 Å². The first-order valence-corrected chi connectivity index (χ1v) is 18.8. The van der Waals surface area contributed by atoms with Crippen LogP contribution < -0.4 is 15.9 Å². The molecule has 51 heavy (non-hydrogen) atoms. The lowest BCUT2D eigenvalue weighted by Gasteiger charge is -2.33. The number of benzene rings is 3. The van der Waals surface area contributed by atoms with E-state index in [1.54, 1.807) is 6.92 Å². The molecule has 0 fully saturated rings. The van der Waals surface area contributed by atoms with Crippen LogP contribution in [-0.2, 0) is 23.1 Å². The largest absolute Gasteiger partial charge is 0.416 e. The van der Waals surface area contributed by atoms with Crippen LogP contribution in [0.4, 0.5) is 13.2 Å². The molecule has 6 rings (SSSR count). The number of azide groups is 1. The lowest BCUT2D eigenvalue weighted by molar-refractivity contribution is -0.137. The zero-order valence-corrected chi connectivity index (χ0v) is 29.6. The zero-order valence-electron chi connectivity index (χ0n) is 27.9. The third-order valence-electron chi connectivity index (χ3n) is 7.93. The van der Waals surface area contributed by atoms with Crippen molar-refractivity contribution in [2.24, 2.45) is 12.2 Å². The van der Waals surface area contributed by atoms with E-state index in [2.05, 4.69) is 116 Å². The second kappa shape index (κ2) is 16.2. The van der Waals surface area contributed by atoms with E-state index in [4.69, 9.17) is 5.53 Å². The molecule has 1 aliphatic heterocycles. The second-order valence-electron chi connectivity index (χ2n) is 11.1. The minimum atomic E-state index is -4.57. The number of likely N-dealkylation sites (N-methyl/N-ethyl adjacent to an activating group) is 1. The molecule has 1 unspecified atom stereocenters. The molecule has 262 valence electrons. The molecule has 0 radical (unpaired) electrons. The molecule has 1 atom stereocenters. The number of sulfone groups is 1. The van der Waals surface area contributed by atoms with E-state index in [9.17, 15) is 21.6 Å². The number of pyridine rings is 1. The van der Waals surface area contributed by atoms with Gasteiger partial charge in [0.25, 0.3) is 0 Å². The van der Waals surface area contributed by atoms with Gasteiger partial charge in [-0.15, -0.1) is 10.2 Å². The van der Waals surface area contributed by atoms with Gasteiger partial charge in [0.1, 0.15) is 17.6 Å². The minimum Gasteiger partial charge on any atom is -0.355 e. The molecule has 0 bridgehead atoms. The van der Waals surface area contributed by atoms with Gasteiger partial charge < -0.3 is 9.47 Å². The number of allylic oxidation sites excluding steroid dienone is 1. The van der Waals surface area contributed by atoms with Gasteiger partial charge in [-0.3, -0.25) is 4.98 Å². The van der Waals surface area contributed by atoms with Crippen molar-refractivity contribution in [3.63, 3.8) is 0 Å². The number of aromatic nitrogens is 4. The van der Waals surface area contributed by atoms with Gasteiger partial charge >= 0.3 is 6.18 Å². The smallest absolute Gasteiger partial charge is 0.355 e. The van der Waals surface area contributed by atoms with Gasteiger partial charge in [-0.2, -0.15) is 13.2 Å². The average Bonchev–Trinajstić information content (AvgIpc) is 3.53. The van der Waals surface area contributed by atoms with Crippen LogP contribution in [0, 0.1) is 0 Å². The highest BCUT2D eigenvalue weighted by atomic mass is 32.2. The van der Waals surface area contributed by atoms with E-state index in [1.165, 1.54) is 51.5 Å². The Morgan fingerprint density at radius 2 is 1.39 bits per heavy atom. The van der Waals surface area contributed by atoms with Crippen molar-refractivity contribution in [1.29, 1.82) is 0 Å². The van der Waals surface area contributed by atoms with Gasteiger partial charge in [0.05, 0.1) is 16.2 Å². The van der Waals surface area contributed by atoms with Crippen molar-refractivity contribution >= 4 is 39.4 Å². The van der Waals surface area contributed by atoms with E-state index in [0.717, 1.165) is 18.3 Å². The fourth-order valence-corrected chi connectivity index (χ4v) is 8.85. The molecular formula is C36H34F3N8O2PS. The quantitative estimate of drug-likeness (QED) is 0.0697. The van der Waals surface area contributed by atoms with Gasteiger partial charge in [-0.25, -0.2) is 8.42 Å². The Bertz CT molecular complexity index is 2080. The summed E-state index contributed by atoms with van der Waals surface area (Å²) in [7, 11) is -2.68. The highest BCUT2D eigenvalue weighted by Crippen LogP contribution is 2.35. The summed E-state index contributed by atoms with van der Waals surface area (Å²) in [5, 5.41) is 15.9. The first-order chi connectivity index (χ1) is 24.5. The van der Waals surface area contributed by atoms with Gasteiger partial charge in [0, 0.05) is 24.7 Å². The van der Waals surface area contributed by atoms with Crippen molar-refractivity contribution in [2.75, 3.05) is 12.3 Å². The molecule has 0 aliphatic carbocycles. The molecule has 1 aliphatic rings. The summed E-state index contributed by atoms with van der Waals surface area (Å²) in [5.74, 6) is -0.104. The van der Waals surface area contributed by atoms with Gasteiger partial charge in [0.15, 0.2) is 21.5 Å². The van der Waals surface area contributed by atoms with Crippen LogP contribution in [-0.4, -0.2) is 51.5 Å². The fraction of sp³-hybridized carbons (Fsp3) is 0.194. The average molecular weight is 731 g/mol. The third kappa shape index (κ3) is 8.37. The summed E-state index contributed by atoms with van der Waals surface area (Å²) in [6.45, 7) is 3.48. The number of alkyl halides is 3. The molecule has 3 aromatic carbocycles. The highest BCUT2D eigenvalue weighted by Gasteiger charge is 2.34. The van der Waals surface area contributed by atoms with Crippen LogP contribution in [0.15, 0.2) is 131 Å². The third-order valence-corrected chi connectivity index (χ3v) is 12.1. The number of hydrogen-bond acceptors (Lipinski definition) is 7. The fourth-order valence-electron chi connectivity index (χ4n) is 5.44. The van der Waals surface area contributed by atoms with E-state index < -0.39 is 35.7 Å². The molecule has 0 N–H and O–H groups in total. The van der Waals surface area contributed by atoms with E-state index in [1.807, 2.05) is 0 Å². The van der Waals surface area contributed by atoms with Gasteiger partial charge in [-0.05, 0) is 54.5 Å². The predicted octanol–water partition coefficient (Wildman–Crippen LogP) is 6.97. The van der Waals surface area contributed by atoms with Crippen molar-refractivity contribution < 1.29 is 21.6 Å². The minimum absolute atomic E-state index is 0.0118. The Kier molecular flexibility index (Phi) is 11.7. The highest BCUT2D eigenvalue weighted by molar-refractivity contribution is 7.95. The lowest BCUT2D eigenvalue weighted by Crippen LogP contribution is -2.35. The van der Waals surface area contributed by atoms with Gasteiger partial charge in [0.2, 0.25) is 0 Å². The summed E-state index contributed by atoms with van der Waals surface area (Å²) in [6.07, 6.45) is -1.57. The maximum absolute atomic E-state index is 13.1. The van der Waals surface area contributed by atoms with Gasteiger partial charge in [-0.1, -0.05) is 109 Å². The Morgan fingerprint density at radius 1 is 0.863 bits per heavy atom. The molecule has 0 spiro atoms. The first kappa shape index (κ1) is 37.0.